The van der Waals surface area contributed by atoms with Crippen molar-refractivity contribution in [1.29, 1.82) is 0 Å². The molecule has 0 atom stereocenters. The van der Waals surface area contributed by atoms with Gasteiger partial charge in [-0.3, -0.25) is 0 Å². The van der Waals surface area contributed by atoms with E-state index in [0.717, 1.165) is 0 Å². The molecule has 1 nitrogen and oxygen atoms in total. The van der Waals surface area contributed by atoms with Gasteiger partial charge in [0.05, 0.1) is 35.6 Å². The molecule has 0 aliphatic rings. The lowest BCUT2D eigenvalue weighted by atomic mass is 9.85. The molecule has 0 fully saturated rings. The van der Waals surface area contributed by atoms with Crippen LogP contribution in [0.15, 0.2) is 162 Å². The van der Waals surface area contributed by atoms with Crippen LogP contribution < -0.4 is 0 Å². The van der Waals surface area contributed by atoms with Gasteiger partial charge in [-0.15, -0.1) is 0 Å². The lowest BCUT2D eigenvalue weighted by Crippen LogP contribution is -1.91. The average molecular weight is 573 g/mol. The van der Waals surface area contributed by atoms with Crippen LogP contribution in [0.2, 0.25) is 0 Å². The molecular weight excluding hydrogens is 520 g/mol. The summed E-state index contributed by atoms with van der Waals surface area (Å²) in [6, 6.07) is -23.4. The molecule has 0 aliphatic heterocycles. The molecule has 0 spiro atoms. The highest BCUT2D eigenvalue weighted by atomic mass is 16.3. The minimum atomic E-state index is -0.963. The predicted octanol–water partition coefficient (Wildman–Crippen LogP) is 12.0. The van der Waals surface area contributed by atoms with E-state index in [0.29, 0.717) is 0 Å². The molecule has 0 aliphatic carbocycles. The Bertz CT molecular complexity index is 3850. The van der Waals surface area contributed by atoms with Gasteiger partial charge in [0.25, 0.3) is 0 Å². The van der Waals surface area contributed by atoms with Gasteiger partial charge in [0.15, 0.2) is 0 Å². The zero-order valence-electron chi connectivity index (χ0n) is 47.4. The summed E-state index contributed by atoms with van der Waals surface area (Å²) in [6.45, 7) is 0. The summed E-state index contributed by atoms with van der Waals surface area (Å²) in [4.78, 5) is 0. The molecule has 0 saturated carbocycles. The van der Waals surface area contributed by atoms with Crippen LogP contribution in [0.25, 0.3) is 87.6 Å². The standard InChI is InChI=1S/C42H26O/c1-2-13-28(14-3-1)40-32-17-6-8-19-34(32)41(35-20-9-7-18-33(35)40)37-22-11-23-38-42(37)36-25-24-29(26-39(36)43-38)31-21-10-15-27-12-4-5-16-30(27)31/h1-26H/i1D,2D,3D,4D,5D,6D,7D,8D,9D,10D,11D,12D,13D,14D,15D,16D,17D,18D,19D,20D,21D,22D,23D,24D,25D,26D. The number of benzene rings is 8. The first kappa shape index (κ1) is 9.69. The fourth-order valence-electron chi connectivity index (χ4n) is 5.26. The van der Waals surface area contributed by atoms with Crippen LogP contribution in [0.3, 0.4) is 0 Å². The summed E-state index contributed by atoms with van der Waals surface area (Å²) < 4.78 is 237. The van der Waals surface area contributed by atoms with E-state index in [4.69, 9.17) is 29.1 Å². The Labute approximate surface area is 285 Å². The maximum Gasteiger partial charge on any atom is 0.136 e. The van der Waals surface area contributed by atoms with Gasteiger partial charge in [-0.2, -0.15) is 0 Å². The van der Waals surface area contributed by atoms with Gasteiger partial charge < -0.3 is 4.42 Å². The third-order valence-electron chi connectivity index (χ3n) is 7.01. The van der Waals surface area contributed by atoms with Crippen molar-refractivity contribution in [3.8, 4) is 33.4 Å². The lowest BCUT2D eigenvalue weighted by molar-refractivity contribution is 0.669. The first-order valence-electron chi connectivity index (χ1n) is 25.7. The molecule has 0 saturated heterocycles. The molecular formula is C42H26O. The van der Waals surface area contributed by atoms with Crippen LogP contribution in [0.4, 0.5) is 0 Å². The quantitative estimate of drug-likeness (QED) is 0.192. The molecule has 8 aromatic carbocycles. The van der Waals surface area contributed by atoms with Gasteiger partial charge in [0, 0.05) is 10.8 Å². The van der Waals surface area contributed by atoms with Crippen LogP contribution in [0, 0.1) is 0 Å². The zero-order valence-corrected chi connectivity index (χ0v) is 21.4. The third kappa shape index (κ3) is 3.65. The highest BCUT2D eigenvalue weighted by Gasteiger charge is 2.20. The molecule has 9 aromatic rings. The number of furan rings is 1. The first-order chi connectivity index (χ1) is 32.2. The van der Waals surface area contributed by atoms with E-state index < -0.39 is 245 Å². The Kier molecular flexibility index (Phi) is 2.13. The van der Waals surface area contributed by atoms with Crippen LogP contribution in [0.1, 0.15) is 35.6 Å². The highest BCUT2D eigenvalue weighted by molar-refractivity contribution is 6.25. The van der Waals surface area contributed by atoms with E-state index in [2.05, 4.69) is 0 Å². The van der Waals surface area contributed by atoms with Crippen molar-refractivity contribution in [3.05, 3.63) is 157 Å². The molecule has 9 rings (SSSR count). The minimum Gasteiger partial charge on any atom is -0.456 e. The maximum absolute atomic E-state index is 9.50. The number of hydrogen-bond acceptors (Lipinski definition) is 1. The summed E-state index contributed by atoms with van der Waals surface area (Å²) in [5.74, 6) is 0. The molecule has 1 heterocycles. The van der Waals surface area contributed by atoms with Gasteiger partial charge in [0.2, 0.25) is 0 Å². The average Bonchev–Trinajstić information content (AvgIpc) is 3.72. The summed E-state index contributed by atoms with van der Waals surface area (Å²) in [5, 5.41) is -4.94. The van der Waals surface area contributed by atoms with Crippen molar-refractivity contribution in [2.24, 2.45) is 0 Å². The van der Waals surface area contributed by atoms with Gasteiger partial charge in [-0.25, -0.2) is 0 Å². The van der Waals surface area contributed by atoms with E-state index in [1.54, 1.807) is 0 Å². The molecule has 0 unspecified atom stereocenters. The van der Waals surface area contributed by atoms with Crippen LogP contribution >= 0.6 is 0 Å². The third-order valence-corrected chi connectivity index (χ3v) is 7.01. The van der Waals surface area contributed by atoms with Crippen molar-refractivity contribution in [2.75, 3.05) is 0 Å². The largest absolute Gasteiger partial charge is 0.456 e. The van der Waals surface area contributed by atoms with Crippen LogP contribution in [0.5, 0.6) is 0 Å². The van der Waals surface area contributed by atoms with E-state index in [1.807, 2.05) is 0 Å². The molecule has 0 amide bonds. The molecule has 1 heteroatoms. The SMILES string of the molecule is [2H]c1c([2H])c([2H])c(-c2c3c([2H])c([2H])c([2H])c([2H])c3c(-c3c([2H])c([2H])c([2H])c4oc5c([2H])c(-c6c([2H])c([2H])c([2H])c7c([2H])c([2H])c([2H])c([2H])c67)c([2H])c([2H])c5c34)c3c([2H])c([2H])c([2H])c([2H])c23)c([2H])c1[2H]. The molecule has 43 heavy (non-hydrogen) atoms. The molecule has 1 aromatic heterocycles. The maximum atomic E-state index is 9.50. The lowest BCUT2D eigenvalue weighted by Gasteiger charge is -2.18. The zero-order chi connectivity index (χ0) is 51.0. The highest BCUT2D eigenvalue weighted by Crippen LogP contribution is 2.47. The number of fused-ring (bicyclic) bond motifs is 6. The number of rotatable bonds is 3. The van der Waals surface area contributed by atoms with Crippen molar-refractivity contribution in [1.82, 2.24) is 0 Å². The fourth-order valence-corrected chi connectivity index (χ4v) is 5.26. The van der Waals surface area contributed by atoms with E-state index in [-0.39, 0.29) is 0 Å². The van der Waals surface area contributed by atoms with E-state index >= 15 is 0 Å². The van der Waals surface area contributed by atoms with Gasteiger partial charge in [-0.1, -0.05) is 139 Å². The van der Waals surface area contributed by atoms with Gasteiger partial charge in [0.1, 0.15) is 11.2 Å². The normalized spacial score (nSPS) is 20.2. The topological polar surface area (TPSA) is 13.1 Å². The number of hydrogen-bond donors (Lipinski definition) is 0. The van der Waals surface area contributed by atoms with Crippen LogP contribution in [-0.4, -0.2) is 0 Å². The van der Waals surface area contributed by atoms with Crippen molar-refractivity contribution in [3.63, 3.8) is 0 Å². The second-order valence-electron chi connectivity index (χ2n) is 9.26. The fraction of sp³-hybridized carbons (Fsp3) is 0. The first-order valence-corrected chi connectivity index (χ1v) is 12.7. The Morgan fingerprint density at radius 3 is 1.70 bits per heavy atom. The second kappa shape index (κ2) is 9.44. The second-order valence-corrected chi connectivity index (χ2v) is 9.26. The molecule has 0 radical (unpaired) electrons. The monoisotopic (exact) mass is 572 g/mol. The van der Waals surface area contributed by atoms with Crippen molar-refractivity contribution >= 4 is 54.3 Å². The van der Waals surface area contributed by atoms with Gasteiger partial charge in [-0.05, 0) is 83.8 Å². The molecule has 0 N–H and O–H groups in total. The predicted molar refractivity (Wildman–Crippen MR) is 183 cm³/mol. The summed E-state index contributed by atoms with van der Waals surface area (Å²) in [5.41, 5.74) is -5.47. The Morgan fingerprint density at radius 1 is 0.372 bits per heavy atom. The van der Waals surface area contributed by atoms with E-state index in [1.165, 1.54) is 0 Å². The Hall–Kier alpha value is -5.66. The van der Waals surface area contributed by atoms with Crippen LogP contribution in [-0.2, 0) is 0 Å². The summed E-state index contributed by atoms with van der Waals surface area (Å²) in [6.07, 6.45) is 0. The summed E-state index contributed by atoms with van der Waals surface area (Å²) in [7, 11) is 0. The summed E-state index contributed by atoms with van der Waals surface area (Å²) >= 11 is 0. The Morgan fingerprint density at radius 2 is 0.953 bits per heavy atom. The van der Waals surface area contributed by atoms with Crippen molar-refractivity contribution < 1.29 is 40.1 Å². The molecule has 0 bridgehead atoms. The van der Waals surface area contributed by atoms with Crippen molar-refractivity contribution in [2.45, 2.75) is 0 Å². The van der Waals surface area contributed by atoms with Gasteiger partial charge >= 0.3 is 0 Å². The minimum absolute atomic E-state index is 0.541. The van der Waals surface area contributed by atoms with E-state index in [9.17, 15) is 11.0 Å². The smallest absolute Gasteiger partial charge is 0.136 e. The Balaban J connectivity index is 1.60. The molecule has 200 valence electrons.